The Morgan fingerprint density at radius 1 is 0.882 bits per heavy atom. The first-order valence-electron chi connectivity index (χ1n) is 12.3. The fourth-order valence-corrected chi connectivity index (χ4v) is 5.95. The second-order valence-electron chi connectivity index (χ2n) is 9.76. The zero-order valence-corrected chi connectivity index (χ0v) is 20.8. The number of hydrogen-bond acceptors (Lipinski definition) is 2. The van der Waals surface area contributed by atoms with Crippen LogP contribution in [0.1, 0.15) is 54.4 Å². The summed E-state index contributed by atoms with van der Waals surface area (Å²) in [6, 6.07) is 30.6. The first-order valence-corrected chi connectivity index (χ1v) is 12.3. The maximum atomic E-state index is 12.5. The molecule has 3 aromatic rings. The van der Waals surface area contributed by atoms with Crippen LogP contribution in [0.5, 0.6) is 0 Å². The lowest BCUT2D eigenvalue weighted by atomic mass is 9.68. The predicted molar refractivity (Wildman–Crippen MR) is 141 cm³/mol. The topological polar surface area (TPSA) is 23.6 Å². The summed E-state index contributed by atoms with van der Waals surface area (Å²) in [5, 5.41) is 0. The molecule has 0 spiro atoms. The summed E-state index contributed by atoms with van der Waals surface area (Å²) in [6.45, 7) is 6.51. The molecule has 2 aliphatic rings. The minimum absolute atomic E-state index is 0. The Labute approximate surface area is 210 Å². The molecule has 1 amide bonds. The van der Waals surface area contributed by atoms with Gasteiger partial charge in [-0.05, 0) is 67.1 Å². The van der Waals surface area contributed by atoms with Crippen molar-refractivity contribution in [3.8, 4) is 0 Å². The van der Waals surface area contributed by atoms with E-state index in [2.05, 4.69) is 89.8 Å². The molecular formula is C30H35ClN2O. The second kappa shape index (κ2) is 10.8. The molecule has 2 heterocycles. The third kappa shape index (κ3) is 4.92. The first-order chi connectivity index (χ1) is 16.2. The molecule has 34 heavy (non-hydrogen) atoms. The van der Waals surface area contributed by atoms with Crippen molar-refractivity contribution in [3.63, 3.8) is 0 Å². The largest absolute Gasteiger partial charge is 0.337 e. The number of fused-ring (bicyclic) bond motifs is 1. The number of likely N-dealkylation sites (tertiary alicyclic amines) is 1. The number of benzene rings is 3. The Kier molecular flexibility index (Phi) is 7.75. The van der Waals surface area contributed by atoms with Gasteiger partial charge in [-0.25, -0.2) is 0 Å². The molecule has 1 fully saturated rings. The molecule has 0 aliphatic carbocycles. The number of halogens is 1. The average molecular weight is 475 g/mol. The van der Waals surface area contributed by atoms with Crippen LogP contribution in [0.15, 0.2) is 84.9 Å². The van der Waals surface area contributed by atoms with Gasteiger partial charge in [-0.2, -0.15) is 0 Å². The number of piperidine rings is 1. The van der Waals surface area contributed by atoms with Crippen LogP contribution in [-0.4, -0.2) is 41.9 Å². The lowest BCUT2D eigenvalue weighted by Gasteiger charge is -2.46. The van der Waals surface area contributed by atoms with E-state index < -0.39 is 0 Å². The minimum atomic E-state index is -0.169. The van der Waals surface area contributed by atoms with Crippen LogP contribution in [0.2, 0.25) is 0 Å². The van der Waals surface area contributed by atoms with Gasteiger partial charge < -0.3 is 9.80 Å². The SMILES string of the molecule is CC(=O)N1Cc2ccccc2C(CCN2CCC(c3ccccc3)CC2)(c2ccccc2)C1.Cl. The molecule has 1 unspecified atom stereocenters. The first kappa shape index (κ1) is 24.5. The number of carbonyl (C=O) groups excluding carboxylic acids is 1. The summed E-state index contributed by atoms with van der Waals surface area (Å²) < 4.78 is 0. The highest BCUT2D eigenvalue weighted by molar-refractivity contribution is 5.85. The lowest BCUT2D eigenvalue weighted by molar-refractivity contribution is -0.130. The fourth-order valence-electron chi connectivity index (χ4n) is 5.95. The second-order valence-corrected chi connectivity index (χ2v) is 9.76. The number of carbonyl (C=O) groups is 1. The molecule has 1 saturated heterocycles. The number of nitrogens with zero attached hydrogens (tertiary/aromatic N) is 2. The Balaban J connectivity index is 0.00000274. The molecule has 0 bridgehead atoms. The van der Waals surface area contributed by atoms with Crippen molar-refractivity contribution in [2.24, 2.45) is 0 Å². The molecule has 0 aromatic heterocycles. The van der Waals surface area contributed by atoms with Gasteiger partial charge in [0.25, 0.3) is 0 Å². The van der Waals surface area contributed by atoms with Crippen molar-refractivity contribution in [1.82, 2.24) is 9.80 Å². The van der Waals surface area contributed by atoms with Gasteiger partial charge >= 0.3 is 0 Å². The van der Waals surface area contributed by atoms with Gasteiger partial charge in [-0.15, -0.1) is 12.4 Å². The Morgan fingerprint density at radius 3 is 2.18 bits per heavy atom. The lowest BCUT2D eigenvalue weighted by Crippen LogP contribution is -2.49. The molecule has 0 saturated carbocycles. The Morgan fingerprint density at radius 2 is 1.50 bits per heavy atom. The van der Waals surface area contributed by atoms with E-state index in [1.165, 1.54) is 35.1 Å². The van der Waals surface area contributed by atoms with Crippen LogP contribution in [-0.2, 0) is 16.8 Å². The monoisotopic (exact) mass is 474 g/mol. The van der Waals surface area contributed by atoms with Crippen LogP contribution < -0.4 is 0 Å². The maximum Gasteiger partial charge on any atom is 0.219 e. The van der Waals surface area contributed by atoms with E-state index in [1.54, 1.807) is 6.92 Å². The Bertz CT molecular complexity index is 1080. The maximum absolute atomic E-state index is 12.5. The van der Waals surface area contributed by atoms with E-state index in [0.29, 0.717) is 12.5 Å². The van der Waals surface area contributed by atoms with E-state index in [0.717, 1.165) is 32.6 Å². The summed E-state index contributed by atoms with van der Waals surface area (Å²) >= 11 is 0. The molecule has 2 aliphatic heterocycles. The standard InChI is InChI=1S/C30H34N2O.ClH/c1-24(33)32-22-27-12-8-9-15-29(27)30(23-32,28-13-6-3-7-14-28)18-21-31-19-16-26(17-20-31)25-10-4-2-5-11-25;/h2-15,26H,16-23H2,1H3;1H. The van der Waals surface area contributed by atoms with E-state index in [4.69, 9.17) is 0 Å². The highest BCUT2D eigenvalue weighted by atomic mass is 35.5. The van der Waals surface area contributed by atoms with E-state index in [-0.39, 0.29) is 23.7 Å². The Hall–Kier alpha value is -2.62. The molecular weight excluding hydrogens is 440 g/mol. The van der Waals surface area contributed by atoms with Gasteiger partial charge in [0, 0.05) is 25.4 Å². The highest BCUT2D eigenvalue weighted by Gasteiger charge is 2.42. The molecule has 0 radical (unpaired) electrons. The van der Waals surface area contributed by atoms with Gasteiger partial charge in [0.2, 0.25) is 5.91 Å². The van der Waals surface area contributed by atoms with Gasteiger partial charge in [0.15, 0.2) is 0 Å². The van der Waals surface area contributed by atoms with Crippen molar-refractivity contribution in [2.45, 2.75) is 44.1 Å². The highest BCUT2D eigenvalue weighted by Crippen LogP contribution is 2.42. The number of amides is 1. The van der Waals surface area contributed by atoms with Crippen LogP contribution >= 0.6 is 12.4 Å². The summed E-state index contributed by atoms with van der Waals surface area (Å²) in [4.78, 5) is 17.2. The molecule has 178 valence electrons. The van der Waals surface area contributed by atoms with Crippen molar-refractivity contribution in [1.29, 1.82) is 0 Å². The van der Waals surface area contributed by atoms with Crippen molar-refractivity contribution in [2.75, 3.05) is 26.2 Å². The van der Waals surface area contributed by atoms with E-state index in [9.17, 15) is 4.79 Å². The van der Waals surface area contributed by atoms with Gasteiger partial charge in [0.1, 0.15) is 0 Å². The summed E-state index contributed by atoms with van der Waals surface area (Å²) in [5.41, 5.74) is 5.31. The smallest absolute Gasteiger partial charge is 0.219 e. The summed E-state index contributed by atoms with van der Waals surface area (Å²) in [5.74, 6) is 0.836. The summed E-state index contributed by atoms with van der Waals surface area (Å²) in [7, 11) is 0. The minimum Gasteiger partial charge on any atom is -0.337 e. The fraction of sp³-hybridized carbons (Fsp3) is 0.367. The third-order valence-corrected chi connectivity index (χ3v) is 7.84. The van der Waals surface area contributed by atoms with Gasteiger partial charge in [-0.1, -0.05) is 84.9 Å². The normalized spacial score (nSPS) is 20.9. The third-order valence-electron chi connectivity index (χ3n) is 7.84. The molecule has 0 N–H and O–H groups in total. The zero-order valence-electron chi connectivity index (χ0n) is 20.0. The van der Waals surface area contributed by atoms with E-state index >= 15 is 0 Å². The van der Waals surface area contributed by atoms with Gasteiger partial charge in [0.05, 0.1) is 0 Å². The number of hydrogen-bond donors (Lipinski definition) is 0. The molecule has 4 heteroatoms. The molecule has 3 aromatic carbocycles. The van der Waals surface area contributed by atoms with E-state index in [1.807, 2.05) is 4.90 Å². The molecule has 5 rings (SSSR count). The van der Waals surface area contributed by atoms with Crippen LogP contribution in [0.25, 0.3) is 0 Å². The van der Waals surface area contributed by atoms with Crippen molar-refractivity contribution in [3.05, 3.63) is 107 Å². The average Bonchev–Trinajstić information content (AvgIpc) is 2.88. The van der Waals surface area contributed by atoms with Crippen molar-refractivity contribution >= 4 is 18.3 Å². The zero-order chi connectivity index (χ0) is 22.7. The number of rotatable bonds is 5. The van der Waals surface area contributed by atoms with Crippen LogP contribution in [0.4, 0.5) is 0 Å². The van der Waals surface area contributed by atoms with Crippen LogP contribution in [0.3, 0.4) is 0 Å². The predicted octanol–water partition coefficient (Wildman–Crippen LogP) is 6.03. The van der Waals surface area contributed by atoms with Crippen molar-refractivity contribution < 1.29 is 4.79 Å². The quantitative estimate of drug-likeness (QED) is 0.451. The van der Waals surface area contributed by atoms with Gasteiger partial charge in [-0.3, -0.25) is 4.79 Å². The van der Waals surface area contributed by atoms with Crippen LogP contribution in [0, 0.1) is 0 Å². The molecule has 1 atom stereocenters. The summed E-state index contributed by atoms with van der Waals surface area (Å²) in [6.07, 6.45) is 3.46. The molecule has 3 nitrogen and oxygen atoms in total.